The molecule has 1 heterocycles. The highest BCUT2D eigenvalue weighted by atomic mass is 32.2. The Morgan fingerprint density at radius 3 is 2.41 bits per heavy atom. The fourth-order valence-corrected chi connectivity index (χ4v) is 3.98. The molecule has 0 saturated carbocycles. The summed E-state index contributed by atoms with van der Waals surface area (Å²) in [5, 5.41) is 2.77. The summed E-state index contributed by atoms with van der Waals surface area (Å²) in [5.74, 6) is 0.457. The van der Waals surface area contributed by atoms with Gasteiger partial charge in [0.1, 0.15) is 6.54 Å². The first-order chi connectivity index (χ1) is 12.8. The highest BCUT2D eigenvalue weighted by Gasteiger charge is 2.25. The fourth-order valence-electron chi connectivity index (χ4n) is 2.92. The highest BCUT2D eigenvalue weighted by molar-refractivity contribution is 7.92. The van der Waals surface area contributed by atoms with Crippen LogP contribution in [0.4, 0.5) is 11.4 Å². The van der Waals surface area contributed by atoms with E-state index in [1.54, 1.807) is 18.2 Å². The van der Waals surface area contributed by atoms with Gasteiger partial charge in [0.2, 0.25) is 22.7 Å². The number of fused-ring (bicyclic) bond motifs is 1. The molecule has 1 N–H and O–H groups in total. The van der Waals surface area contributed by atoms with Crippen LogP contribution in [0.15, 0.2) is 36.4 Å². The van der Waals surface area contributed by atoms with Gasteiger partial charge in [-0.3, -0.25) is 9.10 Å². The summed E-state index contributed by atoms with van der Waals surface area (Å²) < 4.78 is 36.8. The molecular weight excluding hydrogens is 368 g/mol. The van der Waals surface area contributed by atoms with Gasteiger partial charge in [-0.05, 0) is 56.2 Å². The SMILES string of the molecule is CCS(=O)(=O)N(CC(=O)Nc1cc(C)cc(C)c1)c1ccc2c(c1)OCO2. The van der Waals surface area contributed by atoms with Gasteiger partial charge in [0.25, 0.3) is 0 Å². The van der Waals surface area contributed by atoms with Crippen molar-refractivity contribution in [2.45, 2.75) is 20.8 Å². The molecule has 0 fully saturated rings. The lowest BCUT2D eigenvalue weighted by Crippen LogP contribution is -2.39. The van der Waals surface area contributed by atoms with Crippen LogP contribution in [0.1, 0.15) is 18.1 Å². The molecule has 2 aromatic rings. The molecule has 0 aromatic heterocycles. The molecular formula is C19H22N2O5S. The Hall–Kier alpha value is -2.74. The topological polar surface area (TPSA) is 84.9 Å². The van der Waals surface area contributed by atoms with Crippen LogP contribution in [0.5, 0.6) is 11.5 Å². The van der Waals surface area contributed by atoms with Crippen LogP contribution < -0.4 is 19.1 Å². The van der Waals surface area contributed by atoms with Crippen molar-refractivity contribution < 1.29 is 22.7 Å². The number of benzene rings is 2. The molecule has 0 bridgehead atoms. The minimum Gasteiger partial charge on any atom is -0.454 e. The van der Waals surface area contributed by atoms with Crippen molar-refractivity contribution in [1.29, 1.82) is 0 Å². The Labute approximate surface area is 158 Å². The minimum atomic E-state index is -3.66. The van der Waals surface area contributed by atoms with Gasteiger partial charge in [-0.1, -0.05) is 6.07 Å². The molecule has 1 aliphatic heterocycles. The average molecular weight is 390 g/mol. The van der Waals surface area contributed by atoms with Crippen molar-refractivity contribution in [2.75, 3.05) is 28.7 Å². The Morgan fingerprint density at radius 1 is 1.07 bits per heavy atom. The molecule has 8 heteroatoms. The standard InChI is InChI=1S/C19H22N2O5S/c1-4-27(23,24)21(16-5-6-17-18(10-16)26-12-25-17)11-19(22)20-15-8-13(2)7-14(3)9-15/h5-10H,4,11-12H2,1-3H3,(H,20,22). The molecule has 144 valence electrons. The molecule has 0 spiro atoms. The third-order valence-corrected chi connectivity index (χ3v) is 5.88. The number of sulfonamides is 1. The zero-order chi connectivity index (χ0) is 19.6. The molecule has 27 heavy (non-hydrogen) atoms. The summed E-state index contributed by atoms with van der Waals surface area (Å²) in [5.41, 5.74) is 3.02. The zero-order valence-electron chi connectivity index (χ0n) is 15.5. The largest absolute Gasteiger partial charge is 0.454 e. The lowest BCUT2D eigenvalue weighted by atomic mass is 10.1. The molecule has 1 amide bonds. The van der Waals surface area contributed by atoms with E-state index in [4.69, 9.17) is 9.47 Å². The van der Waals surface area contributed by atoms with E-state index in [-0.39, 0.29) is 19.1 Å². The second kappa shape index (κ2) is 7.48. The summed E-state index contributed by atoms with van der Waals surface area (Å²) >= 11 is 0. The van der Waals surface area contributed by atoms with Gasteiger partial charge >= 0.3 is 0 Å². The van der Waals surface area contributed by atoms with Crippen LogP contribution in [0.2, 0.25) is 0 Å². The number of amides is 1. The second-order valence-electron chi connectivity index (χ2n) is 6.37. The summed E-state index contributed by atoms with van der Waals surface area (Å²) in [4.78, 5) is 12.5. The first-order valence-electron chi connectivity index (χ1n) is 8.56. The predicted molar refractivity (Wildman–Crippen MR) is 104 cm³/mol. The van der Waals surface area contributed by atoms with E-state index in [2.05, 4.69) is 5.32 Å². The Kier molecular flexibility index (Phi) is 5.27. The van der Waals surface area contributed by atoms with Crippen molar-refractivity contribution in [3.8, 4) is 11.5 Å². The number of anilines is 2. The summed E-state index contributed by atoms with van der Waals surface area (Å²) in [6.45, 7) is 5.17. The van der Waals surface area contributed by atoms with Gasteiger partial charge < -0.3 is 14.8 Å². The predicted octanol–water partition coefficient (Wildman–Crippen LogP) is 2.83. The number of hydrogen-bond donors (Lipinski definition) is 1. The summed E-state index contributed by atoms with van der Waals surface area (Å²) in [6.07, 6.45) is 0. The lowest BCUT2D eigenvalue weighted by molar-refractivity contribution is -0.114. The van der Waals surface area contributed by atoms with Crippen molar-refractivity contribution in [2.24, 2.45) is 0 Å². The minimum absolute atomic E-state index is 0.0898. The zero-order valence-corrected chi connectivity index (χ0v) is 16.3. The second-order valence-corrected chi connectivity index (χ2v) is 8.55. The van der Waals surface area contributed by atoms with Gasteiger partial charge in [0, 0.05) is 11.8 Å². The Bertz CT molecular complexity index is 952. The smallest absolute Gasteiger partial charge is 0.245 e. The van der Waals surface area contributed by atoms with E-state index in [0.29, 0.717) is 22.9 Å². The van der Waals surface area contributed by atoms with Crippen molar-refractivity contribution >= 4 is 27.3 Å². The molecule has 0 saturated heterocycles. The number of nitrogens with zero attached hydrogens (tertiary/aromatic N) is 1. The number of rotatable bonds is 6. The van der Waals surface area contributed by atoms with Crippen LogP contribution in [0, 0.1) is 13.8 Å². The van der Waals surface area contributed by atoms with Crippen LogP contribution in [-0.2, 0) is 14.8 Å². The van der Waals surface area contributed by atoms with E-state index >= 15 is 0 Å². The van der Waals surface area contributed by atoms with E-state index < -0.39 is 15.9 Å². The maximum Gasteiger partial charge on any atom is 0.245 e. The number of nitrogens with one attached hydrogen (secondary N) is 1. The summed E-state index contributed by atoms with van der Waals surface area (Å²) in [6, 6.07) is 10.5. The van der Waals surface area contributed by atoms with Gasteiger partial charge in [0.15, 0.2) is 11.5 Å². The number of ether oxygens (including phenoxy) is 2. The third kappa shape index (κ3) is 4.33. The Morgan fingerprint density at radius 2 is 1.74 bits per heavy atom. The number of aryl methyl sites for hydroxylation is 2. The van der Waals surface area contributed by atoms with Gasteiger partial charge in [-0.15, -0.1) is 0 Å². The molecule has 1 aliphatic rings. The maximum atomic E-state index is 12.6. The molecule has 0 atom stereocenters. The molecule has 0 aliphatic carbocycles. The average Bonchev–Trinajstić information content (AvgIpc) is 3.06. The lowest BCUT2D eigenvalue weighted by Gasteiger charge is -2.23. The fraction of sp³-hybridized carbons (Fsp3) is 0.316. The molecule has 3 rings (SSSR count). The maximum absolute atomic E-state index is 12.6. The molecule has 7 nitrogen and oxygen atoms in total. The molecule has 0 unspecified atom stereocenters. The van der Waals surface area contributed by atoms with E-state index in [0.717, 1.165) is 15.4 Å². The van der Waals surface area contributed by atoms with Gasteiger partial charge in [-0.25, -0.2) is 8.42 Å². The van der Waals surface area contributed by atoms with Gasteiger partial charge in [-0.2, -0.15) is 0 Å². The number of carbonyl (C=O) groups excluding carboxylic acids is 1. The van der Waals surface area contributed by atoms with Crippen LogP contribution in [0.25, 0.3) is 0 Å². The molecule has 0 radical (unpaired) electrons. The van der Waals surface area contributed by atoms with Crippen molar-refractivity contribution in [1.82, 2.24) is 0 Å². The van der Waals surface area contributed by atoms with Crippen LogP contribution in [0.3, 0.4) is 0 Å². The normalized spacial score (nSPS) is 12.7. The monoisotopic (exact) mass is 390 g/mol. The third-order valence-electron chi connectivity index (χ3n) is 4.14. The number of carbonyl (C=O) groups is 1. The van der Waals surface area contributed by atoms with Crippen molar-refractivity contribution in [3.05, 3.63) is 47.5 Å². The van der Waals surface area contributed by atoms with Gasteiger partial charge in [0.05, 0.1) is 11.4 Å². The van der Waals surface area contributed by atoms with Crippen LogP contribution in [-0.4, -0.2) is 33.4 Å². The first kappa shape index (κ1) is 19.0. The summed E-state index contributed by atoms with van der Waals surface area (Å²) in [7, 11) is -3.66. The van der Waals surface area contributed by atoms with E-state index in [9.17, 15) is 13.2 Å². The first-order valence-corrected chi connectivity index (χ1v) is 10.2. The van der Waals surface area contributed by atoms with E-state index in [1.807, 2.05) is 32.0 Å². The number of hydrogen-bond acceptors (Lipinski definition) is 5. The Balaban J connectivity index is 1.85. The van der Waals surface area contributed by atoms with Crippen molar-refractivity contribution in [3.63, 3.8) is 0 Å². The molecule has 2 aromatic carbocycles. The quantitative estimate of drug-likeness (QED) is 0.820. The van der Waals surface area contributed by atoms with Crippen LogP contribution >= 0.6 is 0 Å². The van der Waals surface area contributed by atoms with E-state index in [1.165, 1.54) is 6.92 Å². The highest BCUT2D eigenvalue weighted by Crippen LogP contribution is 2.36.